The zero-order chi connectivity index (χ0) is 29.5. The van der Waals surface area contributed by atoms with Crippen LogP contribution in [0.3, 0.4) is 0 Å². The van der Waals surface area contributed by atoms with Crippen molar-refractivity contribution in [2.75, 3.05) is 26.8 Å². The zero-order valence-electron chi connectivity index (χ0n) is 22.7. The summed E-state index contributed by atoms with van der Waals surface area (Å²) in [6, 6.07) is 8.48. The summed E-state index contributed by atoms with van der Waals surface area (Å²) in [5.74, 6) is -0.546. The lowest BCUT2D eigenvalue weighted by atomic mass is 9.82. The van der Waals surface area contributed by atoms with Crippen molar-refractivity contribution in [2.45, 2.75) is 50.4 Å². The van der Waals surface area contributed by atoms with Crippen molar-refractivity contribution < 1.29 is 38.5 Å². The van der Waals surface area contributed by atoms with Crippen LogP contribution in [0.5, 0.6) is 11.5 Å². The molecule has 0 aromatic heterocycles. The van der Waals surface area contributed by atoms with Crippen molar-refractivity contribution in [1.82, 2.24) is 10.2 Å². The van der Waals surface area contributed by atoms with Gasteiger partial charge in [0, 0.05) is 36.6 Å². The SMILES string of the molecule is COc1cc(C=O)cc(I)c1OC1C=C(C(=O)NCCO)CC(N(CCc2cccc(F)c2)C(=O)C2CCC2)C1O. The Morgan fingerprint density at radius 2 is 2.02 bits per heavy atom. The van der Waals surface area contributed by atoms with E-state index in [2.05, 4.69) is 5.32 Å². The molecule has 3 unspecified atom stereocenters. The van der Waals surface area contributed by atoms with Gasteiger partial charge >= 0.3 is 0 Å². The molecule has 4 rings (SSSR count). The second-order valence-electron chi connectivity index (χ2n) is 10.2. The molecule has 0 saturated heterocycles. The number of nitrogens with zero attached hydrogens (tertiary/aromatic N) is 1. The van der Waals surface area contributed by atoms with Gasteiger partial charge in [-0.3, -0.25) is 14.4 Å². The number of methoxy groups -OCH3 is 1. The Balaban J connectivity index is 1.68. The second kappa shape index (κ2) is 14.2. The predicted molar refractivity (Wildman–Crippen MR) is 157 cm³/mol. The molecule has 3 atom stereocenters. The van der Waals surface area contributed by atoms with E-state index in [1.165, 1.54) is 31.4 Å². The third-order valence-electron chi connectivity index (χ3n) is 7.52. The minimum absolute atomic E-state index is 0.0398. The molecule has 0 aliphatic heterocycles. The molecule has 2 aliphatic rings. The van der Waals surface area contributed by atoms with Gasteiger partial charge in [-0.15, -0.1) is 0 Å². The summed E-state index contributed by atoms with van der Waals surface area (Å²) in [7, 11) is 1.43. The number of carbonyl (C=O) groups excluding carboxylic acids is 3. The van der Waals surface area contributed by atoms with Crippen molar-refractivity contribution >= 4 is 40.7 Å². The van der Waals surface area contributed by atoms with Gasteiger partial charge in [-0.1, -0.05) is 18.6 Å². The molecule has 0 heterocycles. The van der Waals surface area contributed by atoms with E-state index in [0.29, 0.717) is 33.0 Å². The van der Waals surface area contributed by atoms with Gasteiger partial charge in [0.1, 0.15) is 24.3 Å². The highest BCUT2D eigenvalue weighted by Gasteiger charge is 2.43. The number of amides is 2. The average molecular weight is 681 g/mol. The van der Waals surface area contributed by atoms with Gasteiger partial charge in [0.25, 0.3) is 0 Å². The number of benzene rings is 2. The number of halogens is 2. The van der Waals surface area contributed by atoms with Gasteiger partial charge < -0.3 is 29.9 Å². The molecule has 0 spiro atoms. The Morgan fingerprint density at radius 3 is 2.66 bits per heavy atom. The van der Waals surface area contributed by atoms with Gasteiger partial charge in [-0.2, -0.15) is 0 Å². The highest BCUT2D eigenvalue weighted by Crippen LogP contribution is 2.38. The molecule has 2 aromatic carbocycles. The van der Waals surface area contributed by atoms with Gasteiger partial charge in [0.2, 0.25) is 11.8 Å². The Bertz CT molecular complexity index is 1300. The summed E-state index contributed by atoms with van der Waals surface area (Å²) in [6.07, 6.45) is 2.81. The normalized spacial score (nSPS) is 20.4. The van der Waals surface area contributed by atoms with Crippen molar-refractivity contribution in [3.63, 3.8) is 0 Å². The van der Waals surface area contributed by atoms with Crippen LogP contribution in [0.4, 0.5) is 4.39 Å². The monoisotopic (exact) mass is 680 g/mol. The molecule has 11 heteroatoms. The van der Waals surface area contributed by atoms with E-state index >= 15 is 0 Å². The van der Waals surface area contributed by atoms with E-state index in [0.717, 1.165) is 19.3 Å². The average Bonchev–Trinajstić information content (AvgIpc) is 2.93. The fraction of sp³-hybridized carbons (Fsp3) is 0.433. The molecule has 1 fully saturated rings. The largest absolute Gasteiger partial charge is 0.493 e. The molecule has 1 saturated carbocycles. The van der Waals surface area contributed by atoms with Gasteiger partial charge in [-0.25, -0.2) is 4.39 Å². The summed E-state index contributed by atoms with van der Waals surface area (Å²) in [5, 5.41) is 23.5. The minimum Gasteiger partial charge on any atom is -0.493 e. The highest BCUT2D eigenvalue weighted by molar-refractivity contribution is 14.1. The third-order valence-corrected chi connectivity index (χ3v) is 8.33. The lowest BCUT2D eigenvalue weighted by Gasteiger charge is -2.43. The number of carbonyl (C=O) groups is 3. The minimum atomic E-state index is -1.22. The van der Waals surface area contributed by atoms with Crippen LogP contribution in [0.15, 0.2) is 48.0 Å². The van der Waals surface area contributed by atoms with Gasteiger partial charge in [0.15, 0.2) is 11.5 Å². The number of hydrogen-bond acceptors (Lipinski definition) is 7. The van der Waals surface area contributed by atoms with Gasteiger partial charge in [-0.05, 0) is 77.8 Å². The molecular formula is C30H34FIN2O7. The first-order chi connectivity index (χ1) is 19.7. The maximum Gasteiger partial charge on any atom is 0.247 e. The first-order valence-corrected chi connectivity index (χ1v) is 14.7. The van der Waals surface area contributed by atoms with Gasteiger partial charge in [0.05, 0.1) is 23.3 Å². The van der Waals surface area contributed by atoms with Crippen LogP contribution in [0.1, 0.15) is 41.6 Å². The zero-order valence-corrected chi connectivity index (χ0v) is 24.9. The first kappa shape index (κ1) is 30.9. The van der Waals surface area contributed by atoms with Crippen LogP contribution in [-0.2, 0) is 16.0 Å². The highest BCUT2D eigenvalue weighted by atomic mass is 127. The van der Waals surface area contributed by atoms with Crippen LogP contribution in [-0.4, -0.2) is 78.3 Å². The summed E-state index contributed by atoms with van der Waals surface area (Å²) in [6.45, 7) is 0.00908. The number of aldehydes is 1. The molecule has 2 aliphatic carbocycles. The molecule has 2 amide bonds. The topological polar surface area (TPSA) is 125 Å². The predicted octanol–water partition coefficient (Wildman–Crippen LogP) is 3.04. The lowest BCUT2D eigenvalue weighted by Crippen LogP contribution is -2.57. The third kappa shape index (κ3) is 7.44. The van der Waals surface area contributed by atoms with Crippen LogP contribution in [0, 0.1) is 15.3 Å². The summed E-state index contributed by atoms with van der Waals surface area (Å²) in [4.78, 5) is 39.7. The Labute approximate surface area is 251 Å². The molecule has 3 N–H and O–H groups in total. The van der Waals surface area contributed by atoms with Crippen LogP contribution in [0.25, 0.3) is 0 Å². The smallest absolute Gasteiger partial charge is 0.247 e. The second-order valence-corrected chi connectivity index (χ2v) is 11.4. The quantitative estimate of drug-likeness (QED) is 0.233. The van der Waals surface area contributed by atoms with E-state index < -0.39 is 24.2 Å². The molecule has 0 bridgehead atoms. The van der Waals surface area contributed by atoms with Crippen LogP contribution in [0.2, 0.25) is 0 Å². The number of aliphatic hydroxyl groups excluding tert-OH is 2. The van der Waals surface area contributed by atoms with Crippen molar-refractivity contribution in [2.24, 2.45) is 5.92 Å². The van der Waals surface area contributed by atoms with Crippen molar-refractivity contribution in [1.29, 1.82) is 0 Å². The van der Waals surface area contributed by atoms with Crippen molar-refractivity contribution in [3.05, 3.63) is 68.6 Å². The Morgan fingerprint density at radius 1 is 1.24 bits per heavy atom. The summed E-state index contributed by atoms with van der Waals surface area (Å²) < 4.78 is 26.1. The number of nitrogens with one attached hydrogen (secondary N) is 1. The fourth-order valence-electron chi connectivity index (χ4n) is 5.11. The standard InChI is InChI=1S/C30H34FIN2O7/c1-40-26-14-19(17-36)13-23(32)28(26)41-25-16-21(29(38)33-9-11-35)15-24(27(25)37)34(30(39)20-5-3-6-20)10-8-18-4-2-7-22(31)12-18/h2,4,7,12-14,16-17,20,24-25,27,35,37H,3,5-6,8-11,15H2,1H3,(H,33,38). The molecule has 9 nitrogen and oxygen atoms in total. The van der Waals surface area contributed by atoms with E-state index in [1.807, 2.05) is 22.6 Å². The van der Waals surface area contributed by atoms with E-state index in [-0.39, 0.29) is 55.3 Å². The molecule has 220 valence electrons. The van der Waals surface area contributed by atoms with E-state index in [1.54, 1.807) is 23.1 Å². The number of aliphatic hydroxyl groups is 2. The fourth-order valence-corrected chi connectivity index (χ4v) is 5.86. The summed E-state index contributed by atoms with van der Waals surface area (Å²) in [5.41, 5.74) is 1.39. The van der Waals surface area contributed by atoms with E-state index in [9.17, 15) is 29.0 Å². The summed E-state index contributed by atoms with van der Waals surface area (Å²) >= 11 is 2.00. The molecular weight excluding hydrogens is 646 g/mol. The van der Waals surface area contributed by atoms with Crippen LogP contribution < -0.4 is 14.8 Å². The van der Waals surface area contributed by atoms with E-state index in [4.69, 9.17) is 9.47 Å². The first-order valence-electron chi connectivity index (χ1n) is 13.6. The Hall–Kier alpha value is -3.03. The number of rotatable bonds is 12. The molecule has 41 heavy (non-hydrogen) atoms. The maximum atomic E-state index is 13.9. The van der Waals surface area contributed by atoms with Crippen molar-refractivity contribution in [3.8, 4) is 11.5 Å². The lowest BCUT2D eigenvalue weighted by molar-refractivity contribution is -0.145. The molecule has 0 radical (unpaired) electrons. The number of hydrogen-bond donors (Lipinski definition) is 3. The number of ether oxygens (including phenoxy) is 2. The van der Waals surface area contributed by atoms with Crippen LogP contribution >= 0.6 is 22.6 Å². The maximum absolute atomic E-state index is 13.9. The molecule has 2 aromatic rings. The Kier molecular flexibility index (Phi) is 10.7.